The van der Waals surface area contributed by atoms with E-state index in [9.17, 15) is 4.79 Å². The van der Waals surface area contributed by atoms with Gasteiger partial charge in [-0.1, -0.05) is 0 Å². The molecule has 2 heterocycles. The van der Waals surface area contributed by atoms with E-state index in [1.54, 1.807) is 13.4 Å². The number of H-pyrrole nitrogens is 1. The monoisotopic (exact) mass is 240 g/mol. The molecule has 1 aliphatic rings. The maximum absolute atomic E-state index is 11.7. The SMILES string of the molecule is COCCONC(=O)C1Cc2nc[nH]c2CN1. The van der Waals surface area contributed by atoms with Crippen LogP contribution in [0.25, 0.3) is 0 Å². The first-order valence-corrected chi connectivity index (χ1v) is 5.46. The van der Waals surface area contributed by atoms with Crippen molar-refractivity contribution in [2.75, 3.05) is 20.3 Å². The number of hydrogen-bond donors (Lipinski definition) is 3. The number of nitrogens with zero attached hydrogens (tertiary/aromatic N) is 1. The average molecular weight is 240 g/mol. The molecule has 1 aromatic heterocycles. The van der Waals surface area contributed by atoms with Crippen molar-refractivity contribution in [3.8, 4) is 0 Å². The van der Waals surface area contributed by atoms with Gasteiger partial charge < -0.3 is 9.72 Å². The van der Waals surface area contributed by atoms with Crippen molar-refractivity contribution < 1.29 is 14.4 Å². The van der Waals surface area contributed by atoms with Gasteiger partial charge in [-0.15, -0.1) is 0 Å². The molecular weight excluding hydrogens is 224 g/mol. The molecule has 3 N–H and O–H groups in total. The minimum absolute atomic E-state index is 0.185. The number of rotatable bonds is 5. The fraction of sp³-hybridized carbons (Fsp3) is 0.600. The lowest BCUT2D eigenvalue weighted by Gasteiger charge is -2.21. The third kappa shape index (κ3) is 3.02. The predicted molar refractivity (Wildman–Crippen MR) is 58.9 cm³/mol. The first-order chi connectivity index (χ1) is 8.31. The van der Waals surface area contributed by atoms with Gasteiger partial charge in [0.05, 0.1) is 37.0 Å². The molecule has 0 aliphatic carbocycles. The number of carbonyl (C=O) groups is 1. The van der Waals surface area contributed by atoms with Crippen LogP contribution in [0.4, 0.5) is 0 Å². The van der Waals surface area contributed by atoms with Crippen molar-refractivity contribution >= 4 is 5.91 Å². The van der Waals surface area contributed by atoms with E-state index in [0.717, 1.165) is 11.4 Å². The molecule has 1 aromatic rings. The molecular formula is C10H16N4O3. The van der Waals surface area contributed by atoms with Gasteiger partial charge in [0.25, 0.3) is 5.91 Å². The highest BCUT2D eigenvalue weighted by Gasteiger charge is 2.25. The van der Waals surface area contributed by atoms with Gasteiger partial charge >= 0.3 is 0 Å². The number of aromatic amines is 1. The molecule has 94 valence electrons. The van der Waals surface area contributed by atoms with E-state index in [0.29, 0.717) is 26.2 Å². The van der Waals surface area contributed by atoms with Crippen LogP contribution in [-0.4, -0.2) is 42.2 Å². The number of nitrogens with one attached hydrogen (secondary N) is 3. The van der Waals surface area contributed by atoms with Crippen LogP contribution < -0.4 is 10.8 Å². The van der Waals surface area contributed by atoms with E-state index < -0.39 is 0 Å². The van der Waals surface area contributed by atoms with Gasteiger partial charge in [-0.25, -0.2) is 10.5 Å². The molecule has 7 nitrogen and oxygen atoms in total. The highest BCUT2D eigenvalue weighted by Crippen LogP contribution is 2.11. The number of imidazole rings is 1. The maximum Gasteiger partial charge on any atom is 0.261 e. The maximum atomic E-state index is 11.7. The molecule has 0 bridgehead atoms. The molecule has 0 radical (unpaired) electrons. The van der Waals surface area contributed by atoms with Crippen molar-refractivity contribution in [2.45, 2.75) is 19.0 Å². The number of hydrogen-bond acceptors (Lipinski definition) is 5. The Hall–Kier alpha value is -1.44. The number of aromatic nitrogens is 2. The fourth-order valence-electron chi connectivity index (χ4n) is 1.67. The largest absolute Gasteiger partial charge is 0.382 e. The number of amides is 1. The zero-order valence-corrected chi connectivity index (χ0v) is 9.66. The molecule has 0 spiro atoms. The summed E-state index contributed by atoms with van der Waals surface area (Å²) in [5, 5.41) is 3.11. The minimum Gasteiger partial charge on any atom is -0.382 e. The van der Waals surface area contributed by atoms with Gasteiger partial charge in [-0.2, -0.15) is 0 Å². The highest BCUT2D eigenvalue weighted by molar-refractivity contribution is 5.81. The summed E-state index contributed by atoms with van der Waals surface area (Å²) >= 11 is 0. The van der Waals surface area contributed by atoms with Gasteiger partial charge in [0.2, 0.25) is 0 Å². The summed E-state index contributed by atoms with van der Waals surface area (Å²) in [5.74, 6) is -0.185. The first kappa shape index (κ1) is 12.0. The van der Waals surface area contributed by atoms with Crippen molar-refractivity contribution in [3.63, 3.8) is 0 Å². The van der Waals surface area contributed by atoms with Crippen LogP contribution >= 0.6 is 0 Å². The zero-order valence-electron chi connectivity index (χ0n) is 9.66. The molecule has 0 saturated heterocycles. The second-order valence-electron chi connectivity index (χ2n) is 3.77. The molecule has 1 aliphatic heterocycles. The summed E-state index contributed by atoms with van der Waals surface area (Å²) in [5.41, 5.74) is 4.36. The lowest BCUT2D eigenvalue weighted by Crippen LogP contribution is -2.47. The molecule has 2 rings (SSSR count). The van der Waals surface area contributed by atoms with Crippen molar-refractivity contribution in [1.29, 1.82) is 0 Å². The number of carbonyl (C=O) groups excluding carboxylic acids is 1. The number of hydroxylamine groups is 1. The molecule has 1 unspecified atom stereocenters. The minimum atomic E-state index is -0.298. The summed E-state index contributed by atoms with van der Waals surface area (Å²) in [6, 6.07) is -0.298. The number of methoxy groups -OCH3 is 1. The summed E-state index contributed by atoms with van der Waals surface area (Å²) in [6.07, 6.45) is 2.21. The standard InChI is InChI=1S/C10H16N4O3/c1-16-2-3-17-14-10(15)8-4-7-9(5-11-8)13-6-12-7/h6,8,11H,2-5H2,1H3,(H,12,13)(H,14,15). The van der Waals surface area contributed by atoms with Crippen LogP contribution in [0.15, 0.2) is 6.33 Å². The topological polar surface area (TPSA) is 88.3 Å². The smallest absolute Gasteiger partial charge is 0.261 e. The molecule has 1 atom stereocenters. The summed E-state index contributed by atoms with van der Waals surface area (Å²) < 4.78 is 4.80. The van der Waals surface area contributed by atoms with Gasteiger partial charge in [-0.05, 0) is 0 Å². The van der Waals surface area contributed by atoms with Gasteiger partial charge in [0, 0.05) is 20.1 Å². The van der Waals surface area contributed by atoms with Crippen molar-refractivity contribution in [1.82, 2.24) is 20.8 Å². The lowest BCUT2D eigenvalue weighted by molar-refractivity contribution is -0.137. The van der Waals surface area contributed by atoms with Gasteiger partial charge in [0.15, 0.2) is 0 Å². The fourth-order valence-corrected chi connectivity index (χ4v) is 1.67. The summed E-state index contributed by atoms with van der Waals surface area (Å²) in [4.78, 5) is 23.9. The number of ether oxygens (including phenoxy) is 1. The van der Waals surface area contributed by atoms with E-state index in [-0.39, 0.29) is 11.9 Å². The Bertz CT molecular complexity index is 379. The molecule has 7 heteroatoms. The Labute approximate surface area is 98.9 Å². The van der Waals surface area contributed by atoms with Crippen molar-refractivity contribution in [3.05, 3.63) is 17.7 Å². The Morgan fingerprint density at radius 2 is 2.53 bits per heavy atom. The van der Waals surface area contributed by atoms with E-state index in [4.69, 9.17) is 9.57 Å². The Kier molecular flexibility index (Phi) is 4.08. The van der Waals surface area contributed by atoms with Crippen molar-refractivity contribution in [2.24, 2.45) is 0 Å². The molecule has 1 amide bonds. The lowest BCUT2D eigenvalue weighted by atomic mass is 10.1. The predicted octanol–water partition coefficient (Wildman–Crippen LogP) is -0.882. The van der Waals surface area contributed by atoms with Crippen LogP contribution in [0.3, 0.4) is 0 Å². The van der Waals surface area contributed by atoms with Crippen LogP contribution in [0.2, 0.25) is 0 Å². The normalized spacial score (nSPS) is 18.8. The quantitative estimate of drug-likeness (QED) is 0.459. The van der Waals surface area contributed by atoms with E-state index in [1.807, 2.05) is 0 Å². The van der Waals surface area contributed by atoms with Crippen LogP contribution in [0.5, 0.6) is 0 Å². The Morgan fingerprint density at radius 3 is 3.35 bits per heavy atom. The van der Waals surface area contributed by atoms with E-state index in [1.165, 1.54) is 0 Å². The second kappa shape index (κ2) is 5.76. The second-order valence-corrected chi connectivity index (χ2v) is 3.77. The van der Waals surface area contributed by atoms with Gasteiger partial charge in [-0.3, -0.25) is 14.9 Å². The molecule has 0 saturated carbocycles. The first-order valence-electron chi connectivity index (χ1n) is 5.46. The number of fused-ring (bicyclic) bond motifs is 1. The van der Waals surface area contributed by atoms with Crippen LogP contribution in [0.1, 0.15) is 11.4 Å². The third-order valence-corrected chi connectivity index (χ3v) is 2.61. The molecule has 0 fully saturated rings. The van der Waals surface area contributed by atoms with E-state index >= 15 is 0 Å². The average Bonchev–Trinajstić information content (AvgIpc) is 2.81. The zero-order chi connectivity index (χ0) is 12.1. The summed E-state index contributed by atoms with van der Waals surface area (Å²) in [7, 11) is 1.58. The third-order valence-electron chi connectivity index (χ3n) is 2.61. The molecule has 0 aromatic carbocycles. The Morgan fingerprint density at radius 1 is 1.65 bits per heavy atom. The summed E-state index contributed by atoms with van der Waals surface area (Å²) in [6.45, 7) is 1.40. The Balaban J connectivity index is 1.78. The van der Waals surface area contributed by atoms with Gasteiger partial charge in [0.1, 0.15) is 0 Å². The van der Waals surface area contributed by atoms with Crippen LogP contribution in [-0.2, 0) is 27.3 Å². The molecule has 17 heavy (non-hydrogen) atoms. The highest BCUT2D eigenvalue weighted by atomic mass is 16.7. The van der Waals surface area contributed by atoms with E-state index in [2.05, 4.69) is 20.8 Å². The van der Waals surface area contributed by atoms with Crippen LogP contribution in [0, 0.1) is 0 Å².